The third-order valence-corrected chi connectivity index (χ3v) is 1.80. The molecule has 0 unspecified atom stereocenters. The summed E-state index contributed by atoms with van der Waals surface area (Å²) in [6, 6.07) is 0. The van der Waals surface area contributed by atoms with Crippen LogP contribution in [0.15, 0.2) is 0 Å². The van der Waals surface area contributed by atoms with Gasteiger partial charge in [-0.25, -0.2) is 0 Å². The molecule has 0 radical (unpaired) electrons. The molecular formula is C5F10S. The Labute approximate surface area is 86.2 Å². The molecule has 0 saturated heterocycles. The molecule has 11 heteroatoms. The molecular weight excluding hydrogens is 282 g/mol. The van der Waals surface area contributed by atoms with E-state index in [1.165, 1.54) is 0 Å². The molecule has 16 heavy (non-hydrogen) atoms. The zero-order valence-electron chi connectivity index (χ0n) is 6.69. The van der Waals surface area contributed by atoms with Crippen molar-refractivity contribution in [3.63, 3.8) is 0 Å². The highest BCUT2D eigenvalue weighted by Gasteiger charge is 2.73. The van der Waals surface area contributed by atoms with E-state index in [4.69, 9.17) is 0 Å². The molecule has 0 aromatic rings. The number of hydrogen-bond donors (Lipinski definition) is 0. The Morgan fingerprint density at radius 1 is 0.562 bits per heavy atom. The summed E-state index contributed by atoms with van der Waals surface area (Å²) < 4.78 is 117. The van der Waals surface area contributed by atoms with Crippen LogP contribution in [0.2, 0.25) is 0 Å². The zero-order valence-corrected chi connectivity index (χ0v) is 7.50. The van der Waals surface area contributed by atoms with Crippen molar-refractivity contribution in [2.75, 3.05) is 0 Å². The minimum atomic E-state index is -6.61. The summed E-state index contributed by atoms with van der Waals surface area (Å²) in [6.45, 7) is 0. The average Bonchev–Trinajstić information content (AvgIpc) is 1.98. The van der Waals surface area contributed by atoms with Gasteiger partial charge in [0.25, 0.3) is 0 Å². The summed E-state index contributed by atoms with van der Waals surface area (Å²) in [6.07, 6.45) is -13.2. The van der Waals surface area contributed by atoms with E-state index in [2.05, 4.69) is 12.2 Å². The summed E-state index contributed by atoms with van der Waals surface area (Å²) in [5.74, 6) is -12.8. The van der Waals surface area contributed by atoms with Gasteiger partial charge in [0.2, 0.25) is 0 Å². The molecule has 0 aliphatic heterocycles. The quantitative estimate of drug-likeness (QED) is 0.549. The summed E-state index contributed by atoms with van der Waals surface area (Å²) in [5, 5.41) is 0. The molecule has 0 aliphatic rings. The van der Waals surface area contributed by atoms with E-state index in [-0.39, 0.29) is 0 Å². The van der Waals surface area contributed by atoms with Crippen molar-refractivity contribution in [3.05, 3.63) is 0 Å². The van der Waals surface area contributed by atoms with Crippen molar-refractivity contribution < 1.29 is 43.9 Å². The van der Waals surface area contributed by atoms with E-state index in [1.54, 1.807) is 0 Å². The number of thiocarbonyl (C=S) groups is 1. The largest absolute Gasteiger partial charge is 0.458 e. The van der Waals surface area contributed by atoms with Gasteiger partial charge in [0, 0.05) is 0 Å². The highest BCUT2D eigenvalue weighted by Crippen LogP contribution is 2.46. The van der Waals surface area contributed by atoms with E-state index in [0.29, 0.717) is 0 Å². The van der Waals surface area contributed by atoms with Crippen LogP contribution in [0.25, 0.3) is 0 Å². The zero-order chi connectivity index (χ0) is 13.6. The number of halogens is 10. The standard InChI is InChI=1S/C5F10S/c6-2(7,4(10,11)12)1(16)3(8,9)5(13,14)15. The molecule has 0 rings (SSSR count). The molecule has 0 saturated carbocycles. The van der Waals surface area contributed by atoms with Crippen LogP contribution in [-0.4, -0.2) is 29.1 Å². The second-order valence-electron chi connectivity index (χ2n) is 2.47. The molecule has 0 spiro atoms. The van der Waals surface area contributed by atoms with Crippen molar-refractivity contribution in [1.82, 2.24) is 0 Å². The summed E-state index contributed by atoms with van der Waals surface area (Å²) in [4.78, 5) is -3.72. The van der Waals surface area contributed by atoms with Gasteiger partial charge in [-0.2, -0.15) is 43.9 Å². The Morgan fingerprint density at radius 2 is 0.750 bits per heavy atom. The predicted molar refractivity (Wildman–Crippen MR) is 34.6 cm³/mol. The topological polar surface area (TPSA) is 0 Å². The molecule has 96 valence electrons. The fraction of sp³-hybridized carbons (Fsp3) is 0.800. The van der Waals surface area contributed by atoms with Gasteiger partial charge in [0.05, 0.1) is 0 Å². The lowest BCUT2D eigenvalue weighted by molar-refractivity contribution is -0.277. The van der Waals surface area contributed by atoms with Crippen LogP contribution in [0, 0.1) is 0 Å². The monoisotopic (exact) mass is 282 g/mol. The Morgan fingerprint density at radius 3 is 0.875 bits per heavy atom. The molecule has 0 amide bonds. The first-order chi connectivity index (χ1) is 6.65. The molecule has 0 N–H and O–H groups in total. The third kappa shape index (κ3) is 2.38. The fourth-order valence-corrected chi connectivity index (χ4v) is 0.686. The van der Waals surface area contributed by atoms with Crippen LogP contribution in [-0.2, 0) is 0 Å². The van der Waals surface area contributed by atoms with Crippen LogP contribution in [0.4, 0.5) is 43.9 Å². The highest BCUT2D eigenvalue weighted by molar-refractivity contribution is 7.80. The van der Waals surface area contributed by atoms with Crippen LogP contribution < -0.4 is 0 Å². The normalized spacial score (nSPS) is 15.1. The summed E-state index contributed by atoms with van der Waals surface area (Å²) in [7, 11) is 0. The number of rotatable bonds is 2. The number of alkyl halides is 10. The molecule has 0 aliphatic carbocycles. The van der Waals surface area contributed by atoms with Crippen molar-refractivity contribution in [1.29, 1.82) is 0 Å². The van der Waals surface area contributed by atoms with Gasteiger partial charge in [-0.15, -0.1) is 0 Å². The van der Waals surface area contributed by atoms with E-state index in [0.717, 1.165) is 0 Å². The lowest BCUT2D eigenvalue weighted by atomic mass is 10.1. The molecule has 0 fully saturated rings. The maximum absolute atomic E-state index is 12.1. The van der Waals surface area contributed by atoms with Gasteiger partial charge in [-0.05, 0) is 0 Å². The van der Waals surface area contributed by atoms with Gasteiger partial charge in [0.15, 0.2) is 0 Å². The Hall–Kier alpha value is -0.610. The lowest BCUT2D eigenvalue weighted by Crippen LogP contribution is -2.56. The van der Waals surface area contributed by atoms with E-state index in [9.17, 15) is 43.9 Å². The minimum absolute atomic E-state index is 2.88. The van der Waals surface area contributed by atoms with E-state index < -0.39 is 29.1 Å². The van der Waals surface area contributed by atoms with Crippen LogP contribution >= 0.6 is 12.2 Å². The fourth-order valence-electron chi connectivity index (χ4n) is 0.455. The first kappa shape index (κ1) is 15.4. The van der Waals surface area contributed by atoms with Gasteiger partial charge in [0.1, 0.15) is 4.86 Å². The van der Waals surface area contributed by atoms with Gasteiger partial charge < -0.3 is 0 Å². The summed E-state index contributed by atoms with van der Waals surface area (Å²) >= 11 is 2.88. The van der Waals surface area contributed by atoms with Gasteiger partial charge in [-0.1, -0.05) is 12.2 Å². The van der Waals surface area contributed by atoms with Crippen molar-refractivity contribution >= 4 is 17.1 Å². The smallest absolute Gasteiger partial charge is 0.190 e. The summed E-state index contributed by atoms with van der Waals surface area (Å²) in [5.41, 5.74) is 0. The molecule has 0 nitrogen and oxygen atoms in total. The second kappa shape index (κ2) is 3.70. The van der Waals surface area contributed by atoms with Crippen molar-refractivity contribution in [3.8, 4) is 0 Å². The molecule has 0 aromatic carbocycles. The van der Waals surface area contributed by atoms with Gasteiger partial charge in [-0.3, -0.25) is 0 Å². The SMILES string of the molecule is FC(F)(F)C(F)(F)C(=S)C(F)(F)C(F)(F)F. The van der Waals surface area contributed by atoms with Crippen LogP contribution in [0.1, 0.15) is 0 Å². The maximum Gasteiger partial charge on any atom is 0.458 e. The Balaban J connectivity index is 5.40. The minimum Gasteiger partial charge on any atom is -0.190 e. The van der Waals surface area contributed by atoms with E-state index in [1.807, 2.05) is 0 Å². The van der Waals surface area contributed by atoms with E-state index >= 15 is 0 Å². The predicted octanol–water partition coefficient (Wildman–Crippen LogP) is 3.75. The van der Waals surface area contributed by atoms with Crippen molar-refractivity contribution in [2.45, 2.75) is 24.2 Å². The molecule has 0 heterocycles. The molecule has 0 aromatic heterocycles. The van der Waals surface area contributed by atoms with Crippen LogP contribution in [0.3, 0.4) is 0 Å². The first-order valence-electron chi connectivity index (χ1n) is 3.09. The molecule has 0 bridgehead atoms. The number of hydrogen-bond acceptors (Lipinski definition) is 1. The third-order valence-electron chi connectivity index (χ3n) is 1.28. The average molecular weight is 282 g/mol. The Kier molecular flexibility index (Phi) is 3.56. The molecule has 0 atom stereocenters. The lowest BCUT2D eigenvalue weighted by Gasteiger charge is -2.27. The second-order valence-corrected chi connectivity index (χ2v) is 2.88. The van der Waals surface area contributed by atoms with Gasteiger partial charge >= 0.3 is 24.2 Å². The Bertz CT molecular complexity index is 255. The van der Waals surface area contributed by atoms with Crippen LogP contribution in [0.5, 0.6) is 0 Å². The van der Waals surface area contributed by atoms with Crippen molar-refractivity contribution in [2.24, 2.45) is 0 Å². The highest BCUT2D eigenvalue weighted by atomic mass is 32.1. The maximum atomic E-state index is 12.1. The first-order valence-corrected chi connectivity index (χ1v) is 3.50.